The second-order valence-corrected chi connectivity index (χ2v) is 4.92. The van der Waals surface area contributed by atoms with Gasteiger partial charge in [-0.25, -0.2) is 0 Å². The monoisotopic (exact) mass is 230 g/mol. The number of aryl methyl sites for hydroxylation is 4. The summed E-state index contributed by atoms with van der Waals surface area (Å²) >= 11 is 0. The Hall–Kier alpha value is -1.28. The molecule has 0 amide bonds. The maximum atomic E-state index is 5.62. The van der Waals surface area contributed by atoms with Crippen molar-refractivity contribution in [3.8, 4) is 0 Å². The summed E-state index contributed by atoms with van der Waals surface area (Å²) in [4.78, 5) is 0. The molecule has 2 N–H and O–H groups in total. The smallest absolute Gasteiger partial charge is 0.0515 e. The van der Waals surface area contributed by atoms with Crippen LogP contribution in [0, 0.1) is 20.8 Å². The fourth-order valence-electron chi connectivity index (χ4n) is 2.64. The third kappa shape index (κ3) is 1.87. The average Bonchev–Trinajstić information content (AvgIpc) is 2.55. The Kier molecular flexibility index (Phi) is 3.25. The minimum absolute atomic E-state index is 0.765. The summed E-state index contributed by atoms with van der Waals surface area (Å²) in [5.41, 5.74) is 12.6. The second-order valence-electron chi connectivity index (χ2n) is 4.92. The highest BCUT2D eigenvalue weighted by molar-refractivity contribution is 5.89. The molecule has 2 aromatic rings. The van der Waals surface area contributed by atoms with Crippen LogP contribution in [-0.2, 0) is 13.5 Å². The minimum Gasteiger partial charge on any atom is -0.347 e. The van der Waals surface area contributed by atoms with E-state index in [1.807, 2.05) is 0 Å². The molecule has 2 nitrogen and oxygen atoms in total. The molecule has 0 aliphatic carbocycles. The van der Waals surface area contributed by atoms with Gasteiger partial charge in [0.1, 0.15) is 0 Å². The summed E-state index contributed by atoms with van der Waals surface area (Å²) in [6.07, 6.45) is 2.15. The van der Waals surface area contributed by atoms with Gasteiger partial charge in [-0.15, -0.1) is 0 Å². The van der Waals surface area contributed by atoms with Gasteiger partial charge >= 0.3 is 0 Å². The van der Waals surface area contributed by atoms with Crippen LogP contribution in [0.3, 0.4) is 0 Å². The lowest BCUT2D eigenvalue weighted by Crippen LogP contribution is -2.01. The zero-order valence-corrected chi connectivity index (χ0v) is 11.3. The van der Waals surface area contributed by atoms with E-state index in [1.165, 1.54) is 33.3 Å². The first-order valence-corrected chi connectivity index (χ1v) is 6.32. The van der Waals surface area contributed by atoms with Gasteiger partial charge in [0.05, 0.1) is 5.52 Å². The van der Waals surface area contributed by atoms with E-state index in [-0.39, 0.29) is 0 Å². The predicted octanol–water partition coefficient (Wildman–Crippen LogP) is 2.99. The number of nitrogens with two attached hydrogens (primary N) is 1. The summed E-state index contributed by atoms with van der Waals surface area (Å²) in [5, 5.41) is 1.40. The summed E-state index contributed by atoms with van der Waals surface area (Å²) in [7, 11) is 2.16. The number of nitrogens with zero attached hydrogens (tertiary/aromatic N) is 1. The molecule has 0 unspecified atom stereocenters. The van der Waals surface area contributed by atoms with Gasteiger partial charge in [-0.2, -0.15) is 0 Å². The SMILES string of the molecule is Cc1ccc2c(CCCN)c(C)n(C)c2c1C. The molecule has 0 aliphatic rings. The lowest BCUT2D eigenvalue weighted by atomic mass is 10.0. The van der Waals surface area contributed by atoms with E-state index in [0.717, 1.165) is 19.4 Å². The largest absolute Gasteiger partial charge is 0.347 e. The van der Waals surface area contributed by atoms with Crippen molar-refractivity contribution in [3.63, 3.8) is 0 Å². The highest BCUT2D eigenvalue weighted by Gasteiger charge is 2.13. The Labute approximate surface area is 103 Å². The zero-order chi connectivity index (χ0) is 12.6. The molecule has 17 heavy (non-hydrogen) atoms. The van der Waals surface area contributed by atoms with E-state index in [2.05, 4.69) is 44.5 Å². The van der Waals surface area contributed by atoms with Crippen LogP contribution in [0.2, 0.25) is 0 Å². The van der Waals surface area contributed by atoms with Gasteiger partial charge in [0, 0.05) is 18.1 Å². The molecule has 0 saturated heterocycles. The minimum atomic E-state index is 0.765. The van der Waals surface area contributed by atoms with Gasteiger partial charge in [-0.1, -0.05) is 12.1 Å². The van der Waals surface area contributed by atoms with Crippen LogP contribution in [0.4, 0.5) is 0 Å². The number of benzene rings is 1. The van der Waals surface area contributed by atoms with Gasteiger partial charge in [-0.3, -0.25) is 0 Å². The molecule has 0 spiro atoms. The van der Waals surface area contributed by atoms with Crippen LogP contribution >= 0.6 is 0 Å². The Bertz CT molecular complexity index is 550. The maximum absolute atomic E-state index is 5.62. The summed E-state index contributed by atoms with van der Waals surface area (Å²) < 4.78 is 2.32. The van der Waals surface area contributed by atoms with E-state index in [1.54, 1.807) is 0 Å². The lowest BCUT2D eigenvalue weighted by Gasteiger charge is -2.05. The van der Waals surface area contributed by atoms with Crippen LogP contribution in [0.1, 0.15) is 28.8 Å². The van der Waals surface area contributed by atoms with Crippen molar-refractivity contribution < 1.29 is 0 Å². The molecule has 0 fully saturated rings. The Morgan fingerprint density at radius 3 is 2.53 bits per heavy atom. The van der Waals surface area contributed by atoms with Gasteiger partial charge < -0.3 is 10.3 Å². The van der Waals surface area contributed by atoms with Crippen LogP contribution in [0.5, 0.6) is 0 Å². The maximum Gasteiger partial charge on any atom is 0.0515 e. The first-order chi connectivity index (χ1) is 8.07. The number of aromatic nitrogens is 1. The highest BCUT2D eigenvalue weighted by Crippen LogP contribution is 2.29. The van der Waals surface area contributed by atoms with Gasteiger partial charge in [-0.05, 0) is 56.8 Å². The fourth-order valence-corrected chi connectivity index (χ4v) is 2.64. The summed E-state index contributed by atoms with van der Waals surface area (Å²) in [6.45, 7) is 7.36. The Balaban J connectivity index is 2.69. The molecule has 0 radical (unpaired) electrons. The molecule has 1 aromatic heterocycles. The average molecular weight is 230 g/mol. The van der Waals surface area contributed by atoms with Crippen molar-refractivity contribution in [1.82, 2.24) is 4.57 Å². The Morgan fingerprint density at radius 1 is 1.18 bits per heavy atom. The normalized spacial score (nSPS) is 11.4. The van der Waals surface area contributed by atoms with Crippen molar-refractivity contribution in [2.45, 2.75) is 33.6 Å². The number of hydrogen-bond donors (Lipinski definition) is 1. The summed E-state index contributed by atoms with van der Waals surface area (Å²) in [6, 6.07) is 4.49. The van der Waals surface area contributed by atoms with E-state index in [9.17, 15) is 0 Å². The molecule has 1 aromatic carbocycles. The Morgan fingerprint density at radius 2 is 1.88 bits per heavy atom. The van der Waals surface area contributed by atoms with Gasteiger partial charge in [0.25, 0.3) is 0 Å². The third-order valence-electron chi connectivity index (χ3n) is 3.93. The first kappa shape index (κ1) is 12.2. The van der Waals surface area contributed by atoms with Gasteiger partial charge in [0.15, 0.2) is 0 Å². The van der Waals surface area contributed by atoms with E-state index < -0.39 is 0 Å². The summed E-state index contributed by atoms with van der Waals surface area (Å²) in [5.74, 6) is 0. The molecule has 1 heterocycles. The van der Waals surface area contributed by atoms with Crippen molar-refractivity contribution >= 4 is 10.9 Å². The van der Waals surface area contributed by atoms with E-state index in [0.29, 0.717) is 0 Å². The van der Waals surface area contributed by atoms with Crippen LogP contribution in [0.15, 0.2) is 12.1 Å². The highest BCUT2D eigenvalue weighted by atomic mass is 14.9. The molecular weight excluding hydrogens is 208 g/mol. The second kappa shape index (κ2) is 4.53. The molecule has 92 valence electrons. The number of hydrogen-bond acceptors (Lipinski definition) is 1. The first-order valence-electron chi connectivity index (χ1n) is 6.32. The zero-order valence-electron chi connectivity index (χ0n) is 11.3. The van der Waals surface area contributed by atoms with Crippen molar-refractivity contribution in [1.29, 1.82) is 0 Å². The number of rotatable bonds is 3. The quantitative estimate of drug-likeness (QED) is 0.863. The van der Waals surface area contributed by atoms with Crippen LogP contribution in [-0.4, -0.2) is 11.1 Å². The molecule has 0 aliphatic heterocycles. The molecule has 0 bridgehead atoms. The van der Waals surface area contributed by atoms with Crippen molar-refractivity contribution in [3.05, 3.63) is 34.5 Å². The fraction of sp³-hybridized carbons (Fsp3) is 0.467. The molecule has 0 saturated carbocycles. The third-order valence-corrected chi connectivity index (χ3v) is 3.93. The topological polar surface area (TPSA) is 30.9 Å². The van der Waals surface area contributed by atoms with Crippen molar-refractivity contribution in [2.24, 2.45) is 12.8 Å². The van der Waals surface area contributed by atoms with Crippen LogP contribution < -0.4 is 5.73 Å². The van der Waals surface area contributed by atoms with Crippen LogP contribution in [0.25, 0.3) is 10.9 Å². The molecule has 2 heteroatoms. The number of fused-ring (bicyclic) bond motifs is 1. The van der Waals surface area contributed by atoms with Gasteiger partial charge in [0.2, 0.25) is 0 Å². The molecule has 0 atom stereocenters. The van der Waals surface area contributed by atoms with E-state index >= 15 is 0 Å². The standard InChI is InChI=1S/C15H22N2/c1-10-7-8-14-13(6-5-9-16)12(3)17(4)15(14)11(10)2/h7-8H,5-6,9,16H2,1-4H3. The molecule has 2 rings (SSSR count). The predicted molar refractivity (Wildman–Crippen MR) is 74.5 cm³/mol. The van der Waals surface area contributed by atoms with E-state index in [4.69, 9.17) is 5.73 Å². The van der Waals surface area contributed by atoms with Crippen molar-refractivity contribution in [2.75, 3.05) is 6.54 Å². The lowest BCUT2D eigenvalue weighted by molar-refractivity contribution is 0.816. The molecular formula is C15H22N2.